The fourth-order valence-corrected chi connectivity index (χ4v) is 5.37. The topological polar surface area (TPSA) is 144 Å². The SMILES string of the molecule is C=C(C)CCCCCC(C)=O.NC(CSC1CCC1SCC(N)C(=O)O)C(=O)O.[2H]C. The summed E-state index contributed by atoms with van der Waals surface area (Å²) in [5.74, 6) is -0.887. The minimum Gasteiger partial charge on any atom is -0.480 e. The number of allylic oxidation sites excluding steroid dienone is 1. The van der Waals surface area contributed by atoms with Crippen LogP contribution in [0.15, 0.2) is 12.2 Å². The number of hydrogen-bond donors (Lipinski definition) is 4. The number of carboxylic acid groups (broad SMARTS) is 2. The lowest BCUT2D eigenvalue weighted by Gasteiger charge is -2.36. The Morgan fingerprint density at radius 3 is 1.67 bits per heavy atom. The molecule has 4 atom stereocenters. The second-order valence-corrected chi connectivity index (χ2v) is 9.97. The van der Waals surface area contributed by atoms with Crippen LogP contribution in [-0.4, -0.2) is 62.0 Å². The molecule has 1 rings (SSSR count). The van der Waals surface area contributed by atoms with Crippen molar-refractivity contribution in [2.24, 2.45) is 11.5 Å². The summed E-state index contributed by atoms with van der Waals surface area (Å²) in [5, 5.41) is 18.1. The molecular formula is C21H40N2O5S2. The standard InChI is InChI=1S/C10H18N2O4S2.C10H18O.CH4/c11-5(9(13)14)3-17-7-1-2-8(7)18-4-6(12)10(15)16;1-9(2)7-5-4-6-8-10(3)11;/h5-8H,1-4,11-12H2,(H,13,14)(H,15,16);1,4-8H2,2-3H3;1H4/i;;1D. The molecular weight excluding hydrogens is 424 g/mol. The van der Waals surface area contributed by atoms with Crippen LogP contribution < -0.4 is 11.5 Å². The number of carboxylic acids is 2. The minimum atomic E-state index is -0.987. The van der Waals surface area contributed by atoms with Crippen LogP contribution in [0.2, 0.25) is 0 Å². The average Bonchev–Trinajstić information content (AvgIpc) is 2.68. The lowest BCUT2D eigenvalue weighted by molar-refractivity contribution is -0.138. The molecule has 0 amide bonds. The van der Waals surface area contributed by atoms with Gasteiger partial charge in [-0.2, -0.15) is 23.5 Å². The van der Waals surface area contributed by atoms with Gasteiger partial charge in [-0.1, -0.05) is 19.4 Å². The minimum absolute atomic E-state index is 0.306. The Balaban J connectivity index is 0. The molecule has 0 radical (unpaired) electrons. The number of hydrogen-bond acceptors (Lipinski definition) is 7. The smallest absolute Gasteiger partial charge is 0.321 e. The van der Waals surface area contributed by atoms with Crippen LogP contribution in [0.25, 0.3) is 0 Å². The number of carbonyl (C=O) groups is 3. The second kappa shape index (κ2) is 17.6. The highest BCUT2D eigenvalue weighted by Crippen LogP contribution is 2.40. The van der Waals surface area contributed by atoms with Gasteiger partial charge in [0.2, 0.25) is 0 Å². The van der Waals surface area contributed by atoms with Crippen molar-refractivity contribution in [1.82, 2.24) is 0 Å². The van der Waals surface area contributed by atoms with E-state index in [1.54, 1.807) is 30.4 Å². The molecule has 0 bridgehead atoms. The van der Waals surface area contributed by atoms with E-state index >= 15 is 0 Å². The first-order valence-electron chi connectivity index (χ1n) is 10.9. The molecule has 0 aromatic rings. The third-order valence-corrected chi connectivity index (χ3v) is 7.66. The molecule has 30 heavy (non-hydrogen) atoms. The molecule has 7 nitrogen and oxygen atoms in total. The zero-order valence-corrected chi connectivity index (χ0v) is 20.1. The van der Waals surface area contributed by atoms with Gasteiger partial charge in [-0.25, -0.2) is 0 Å². The van der Waals surface area contributed by atoms with Gasteiger partial charge in [-0.15, -0.1) is 6.58 Å². The molecule has 6 N–H and O–H groups in total. The summed E-state index contributed by atoms with van der Waals surface area (Å²) < 4.78 is 5.75. The average molecular weight is 466 g/mol. The summed E-state index contributed by atoms with van der Waals surface area (Å²) in [6.45, 7) is 7.52. The monoisotopic (exact) mass is 465 g/mol. The predicted octanol–water partition coefficient (Wildman–Crippen LogP) is 3.55. The third kappa shape index (κ3) is 15.8. The molecule has 0 saturated heterocycles. The summed E-state index contributed by atoms with van der Waals surface area (Å²) in [4.78, 5) is 31.7. The van der Waals surface area contributed by atoms with Gasteiger partial charge in [-0.05, 0) is 46.0 Å². The number of unbranched alkanes of at least 4 members (excludes halogenated alkanes) is 2. The molecule has 0 spiro atoms. The van der Waals surface area contributed by atoms with Crippen molar-refractivity contribution in [3.05, 3.63) is 12.2 Å². The van der Waals surface area contributed by atoms with E-state index < -0.39 is 24.0 Å². The van der Waals surface area contributed by atoms with E-state index in [2.05, 4.69) is 6.58 Å². The lowest BCUT2D eigenvalue weighted by Crippen LogP contribution is -2.39. The summed E-state index contributed by atoms with van der Waals surface area (Å²) in [6.07, 6.45) is 7.29. The van der Waals surface area contributed by atoms with Crippen molar-refractivity contribution in [1.29, 1.82) is 0 Å². The molecule has 1 aliphatic rings. The van der Waals surface area contributed by atoms with Crippen LogP contribution in [0.4, 0.5) is 0 Å². The lowest BCUT2D eigenvalue weighted by atomic mass is 9.99. The summed E-state index contributed by atoms with van der Waals surface area (Å²) >= 11 is 3.11. The van der Waals surface area contributed by atoms with Crippen molar-refractivity contribution < 1.29 is 26.0 Å². The number of ketones is 1. The molecule has 176 valence electrons. The summed E-state index contributed by atoms with van der Waals surface area (Å²) in [7, 11) is 1.25. The van der Waals surface area contributed by atoms with Gasteiger partial charge in [-0.3, -0.25) is 9.59 Å². The maximum absolute atomic E-state index is 10.6. The van der Waals surface area contributed by atoms with Crippen LogP contribution >= 0.6 is 23.5 Å². The molecule has 0 aromatic heterocycles. The van der Waals surface area contributed by atoms with Crippen molar-refractivity contribution in [2.75, 3.05) is 11.5 Å². The first kappa shape index (κ1) is 29.0. The highest BCUT2D eigenvalue weighted by atomic mass is 32.2. The third-order valence-electron chi connectivity index (χ3n) is 4.40. The highest BCUT2D eigenvalue weighted by molar-refractivity contribution is 8.04. The van der Waals surface area contributed by atoms with Gasteiger partial charge >= 0.3 is 11.9 Å². The van der Waals surface area contributed by atoms with E-state index in [0.717, 1.165) is 38.5 Å². The van der Waals surface area contributed by atoms with Gasteiger partial charge in [0.1, 0.15) is 17.9 Å². The largest absolute Gasteiger partial charge is 0.480 e. The number of Topliss-reactive ketones (excluding diaryl/α,β-unsaturated/α-hetero) is 1. The number of carbonyl (C=O) groups excluding carboxylic acids is 1. The zero-order chi connectivity index (χ0) is 24.4. The molecule has 9 heteroatoms. The van der Waals surface area contributed by atoms with Crippen LogP contribution in [0.3, 0.4) is 0 Å². The first-order valence-corrected chi connectivity index (χ1v) is 12.0. The Bertz CT molecular complexity index is 506. The molecule has 4 unspecified atom stereocenters. The number of nitrogens with two attached hydrogens (primary N) is 2. The molecule has 0 heterocycles. The molecule has 1 fully saturated rings. The van der Waals surface area contributed by atoms with Crippen LogP contribution in [0.1, 0.15) is 67.6 Å². The van der Waals surface area contributed by atoms with E-state index in [1.165, 1.54) is 19.4 Å². The van der Waals surface area contributed by atoms with Gasteiger partial charge in [0.25, 0.3) is 0 Å². The Kier molecular flexibility index (Phi) is 17.0. The highest BCUT2D eigenvalue weighted by Gasteiger charge is 2.33. The van der Waals surface area contributed by atoms with Crippen LogP contribution in [-0.2, 0) is 14.4 Å². The molecule has 1 aliphatic carbocycles. The van der Waals surface area contributed by atoms with E-state index in [4.69, 9.17) is 23.1 Å². The van der Waals surface area contributed by atoms with Crippen molar-refractivity contribution in [2.45, 2.75) is 88.8 Å². The van der Waals surface area contributed by atoms with Gasteiger partial charge < -0.3 is 26.5 Å². The predicted molar refractivity (Wildman–Crippen MR) is 128 cm³/mol. The fraction of sp³-hybridized carbons (Fsp3) is 0.762. The zero-order valence-electron chi connectivity index (χ0n) is 19.5. The maximum atomic E-state index is 10.6. The summed E-state index contributed by atoms with van der Waals surface area (Å²) in [6, 6.07) is -1.66. The Morgan fingerprint density at radius 1 is 0.967 bits per heavy atom. The number of thioether (sulfide) groups is 2. The van der Waals surface area contributed by atoms with E-state index in [0.29, 0.717) is 27.8 Å². The van der Waals surface area contributed by atoms with Gasteiger partial charge in [0.05, 0.1) is 0 Å². The molecule has 0 aliphatic heterocycles. The quantitative estimate of drug-likeness (QED) is 0.223. The van der Waals surface area contributed by atoms with Crippen molar-refractivity contribution in [3.63, 3.8) is 0 Å². The Hall–Kier alpha value is -1.03. The van der Waals surface area contributed by atoms with Crippen molar-refractivity contribution >= 4 is 41.2 Å². The van der Waals surface area contributed by atoms with Gasteiger partial charge in [0, 0.05) is 29.8 Å². The fourth-order valence-electron chi connectivity index (χ4n) is 2.39. The molecule has 0 aromatic carbocycles. The Labute approximate surface area is 191 Å². The van der Waals surface area contributed by atoms with E-state index in [-0.39, 0.29) is 0 Å². The number of aliphatic carboxylic acids is 2. The summed E-state index contributed by atoms with van der Waals surface area (Å²) in [5.41, 5.74) is 12.1. The Morgan fingerprint density at radius 2 is 1.37 bits per heavy atom. The van der Waals surface area contributed by atoms with Crippen LogP contribution in [0.5, 0.6) is 0 Å². The van der Waals surface area contributed by atoms with E-state index in [9.17, 15) is 14.4 Å². The number of rotatable bonds is 14. The van der Waals surface area contributed by atoms with E-state index in [1.807, 2.05) is 6.92 Å². The first-order chi connectivity index (χ1) is 14.5. The van der Waals surface area contributed by atoms with Crippen LogP contribution in [0, 0.1) is 0 Å². The second-order valence-electron chi connectivity index (χ2n) is 7.43. The maximum Gasteiger partial charge on any atom is 0.321 e. The normalized spacial score (nSPS) is 19.4. The van der Waals surface area contributed by atoms with Gasteiger partial charge in [0.15, 0.2) is 0 Å². The van der Waals surface area contributed by atoms with Crippen molar-refractivity contribution in [3.8, 4) is 0 Å². The molecule has 1 saturated carbocycles.